The lowest BCUT2D eigenvalue weighted by molar-refractivity contribution is 0.107. The zero-order chi connectivity index (χ0) is 15.6. The molecule has 0 spiro atoms. The molecule has 0 unspecified atom stereocenters. The standard InChI is InChI=1S/C14H13ClN2O4/c1-17-14(19)10(13(15)18)7-11(16-17)9-6-8(20-2)4-5-12(9)21-3/h4-7H,1-3H3. The van der Waals surface area contributed by atoms with Crippen molar-refractivity contribution in [3.8, 4) is 22.8 Å². The van der Waals surface area contributed by atoms with Gasteiger partial charge in [0.2, 0.25) is 0 Å². The molecule has 1 heterocycles. The summed E-state index contributed by atoms with van der Waals surface area (Å²) < 4.78 is 11.5. The summed E-state index contributed by atoms with van der Waals surface area (Å²) in [6.07, 6.45) is 0. The number of hydrogen-bond donors (Lipinski definition) is 0. The van der Waals surface area contributed by atoms with Crippen molar-refractivity contribution in [1.29, 1.82) is 0 Å². The van der Waals surface area contributed by atoms with E-state index in [2.05, 4.69) is 5.10 Å². The van der Waals surface area contributed by atoms with Gasteiger partial charge >= 0.3 is 0 Å². The zero-order valence-corrected chi connectivity index (χ0v) is 12.5. The first kappa shape index (κ1) is 15.1. The van der Waals surface area contributed by atoms with Crippen molar-refractivity contribution in [3.63, 3.8) is 0 Å². The first-order chi connectivity index (χ1) is 9.97. The summed E-state index contributed by atoms with van der Waals surface area (Å²) in [4.78, 5) is 23.2. The minimum atomic E-state index is -0.832. The average Bonchev–Trinajstić information content (AvgIpc) is 2.48. The second-order valence-corrected chi connectivity index (χ2v) is 4.56. The van der Waals surface area contributed by atoms with Gasteiger partial charge in [-0.2, -0.15) is 5.10 Å². The van der Waals surface area contributed by atoms with Gasteiger partial charge in [0.1, 0.15) is 17.1 Å². The number of rotatable bonds is 4. The Morgan fingerprint density at radius 2 is 1.95 bits per heavy atom. The van der Waals surface area contributed by atoms with Gasteiger partial charge in [-0.15, -0.1) is 0 Å². The van der Waals surface area contributed by atoms with E-state index < -0.39 is 10.8 Å². The molecule has 2 rings (SSSR count). The molecule has 7 heteroatoms. The van der Waals surface area contributed by atoms with Crippen LogP contribution < -0.4 is 15.0 Å². The van der Waals surface area contributed by atoms with E-state index in [1.165, 1.54) is 27.3 Å². The van der Waals surface area contributed by atoms with E-state index in [-0.39, 0.29) is 5.56 Å². The molecule has 0 bridgehead atoms. The van der Waals surface area contributed by atoms with Gasteiger partial charge in [0, 0.05) is 12.6 Å². The Kier molecular flexibility index (Phi) is 4.28. The van der Waals surface area contributed by atoms with Crippen molar-refractivity contribution in [1.82, 2.24) is 9.78 Å². The quantitative estimate of drug-likeness (QED) is 0.806. The van der Waals surface area contributed by atoms with Crippen LogP contribution in [-0.2, 0) is 7.05 Å². The van der Waals surface area contributed by atoms with Crippen LogP contribution >= 0.6 is 11.6 Å². The summed E-state index contributed by atoms with van der Waals surface area (Å²) in [6, 6.07) is 6.49. The van der Waals surface area contributed by atoms with E-state index in [0.29, 0.717) is 22.8 Å². The molecule has 0 aliphatic heterocycles. The molecule has 6 nitrogen and oxygen atoms in total. The number of nitrogens with zero attached hydrogens (tertiary/aromatic N) is 2. The predicted octanol–water partition coefficient (Wildman–Crippen LogP) is 1.84. The van der Waals surface area contributed by atoms with Crippen molar-refractivity contribution in [2.45, 2.75) is 0 Å². The van der Waals surface area contributed by atoms with E-state index in [9.17, 15) is 9.59 Å². The number of halogens is 1. The first-order valence-corrected chi connectivity index (χ1v) is 6.36. The zero-order valence-electron chi connectivity index (χ0n) is 11.7. The number of aryl methyl sites for hydroxylation is 1. The highest BCUT2D eigenvalue weighted by molar-refractivity contribution is 6.67. The molecule has 0 saturated heterocycles. The van der Waals surface area contributed by atoms with Crippen molar-refractivity contribution in [2.75, 3.05) is 14.2 Å². The van der Waals surface area contributed by atoms with Crippen LogP contribution in [0.5, 0.6) is 11.5 Å². The Hall–Kier alpha value is -2.34. The molecular formula is C14H13ClN2O4. The van der Waals surface area contributed by atoms with Gasteiger partial charge < -0.3 is 9.47 Å². The molecular weight excluding hydrogens is 296 g/mol. The summed E-state index contributed by atoms with van der Waals surface area (Å²) in [5.41, 5.74) is 0.276. The molecule has 110 valence electrons. The third kappa shape index (κ3) is 2.90. The van der Waals surface area contributed by atoms with Gasteiger partial charge in [-0.3, -0.25) is 9.59 Å². The van der Waals surface area contributed by atoms with Crippen LogP contribution in [0, 0.1) is 0 Å². The number of methoxy groups -OCH3 is 2. The molecule has 0 aliphatic carbocycles. The van der Waals surface area contributed by atoms with Crippen molar-refractivity contribution < 1.29 is 14.3 Å². The largest absolute Gasteiger partial charge is 0.497 e. The lowest BCUT2D eigenvalue weighted by atomic mass is 10.1. The van der Waals surface area contributed by atoms with Gasteiger partial charge in [0.25, 0.3) is 10.8 Å². The molecule has 0 N–H and O–H groups in total. The first-order valence-electron chi connectivity index (χ1n) is 5.98. The van der Waals surface area contributed by atoms with Crippen LogP contribution in [0.2, 0.25) is 0 Å². The maximum Gasteiger partial charge on any atom is 0.278 e. The Bertz CT molecular complexity index is 755. The average molecular weight is 309 g/mol. The van der Waals surface area contributed by atoms with Crippen LogP contribution in [0.3, 0.4) is 0 Å². The molecule has 0 radical (unpaired) electrons. The smallest absolute Gasteiger partial charge is 0.278 e. The molecule has 0 amide bonds. The van der Waals surface area contributed by atoms with Gasteiger partial charge in [-0.1, -0.05) is 0 Å². The molecule has 0 aliphatic rings. The normalized spacial score (nSPS) is 10.3. The minimum absolute atomic E-state index is 0.144. The third-order valence-electron chi connectivity index (χ3n) is 2.96. The van der Waals surface area contributed by atoms with Crippen LogP contribution in [-0.4, -0.2) is 29.2 Å². The molecule has 0 saturated carbocycles. The summed E-state index contributed by atoms with van der Waals surface area (Å²) in [5.74, 6) is 1.13. The molecule has 1 aromatic heterocycles. The fraction of sp³-hybridized carbons (Fsp3) is 0.214. The van der Waals surface area contributed by atoms with Crippen LogP contribution in [0.15, 0.2) is 29.1 Å². The number of benzene rings is 1. The molecule has 0 atom stereocenters. The van der Waals surface area contributed by atoms with E-state index in [0.717, 1.165) is 4.68 Å². The highest BCUT2D eigenvalue weighted by Crippen LogP contribution is 2.32. The van der Waals surface area contributed by atoms with Crippen LogP contribution in [0.25, 0.3) is 11.3 Å². The van der Waals surface area contributed by atoms with Gasteiger partial charge in [0.05, 0.1) is 19.9 Å². The second-order valence-electron chi connectivity index (χ2n) is 4.21. The highest BCUT2D eigenvalue weighted by atomic mass is 35.5. The number of aromatic nitrogens is 2. The van der Waals surface area contributed by atoms with Crippen molar-refractivity contribution >= 4 is 16.8 Å². The Morgan fingerprint density at radius 3 is 2.52 bits per heavy atom. The maximum absolute atomic E-state index is 11.8. The van der Waals surface area contributed by atoms with Crippen LogP contribution in [0.4, 0.5) is 0 Å². The Labute approximate surface area is 125 Å². The van der Waals surface area contributed by atoms with Crippen LogP contribution in [0.1, 0.15) is 10.4 Å². The monoisotopic (exact) mass is 308 g/mol. The molecule has 0 fully saturated rings. The van der Waals surface area contributed by atoms with Gasteiger partial charge in [0.15, 0.2) is 0 Å². The fourth-order valence-corrected chi connectivity index (χ4v) is 2.03. The lowest BCUT2D eigenvalue weighted by Crippen LogP contribution is -2.25. The highest BCUT2D eigenvalue weighted by Gasteiger charge is 2.16. The second kappa shape index (κ2) is 5.97. The number of ether oxygens (including phenoxy) is 2. The summed E-state index contributed by atoms with van der Waals surface area (Å²) in [5, 5.41) is 3.30. The fourth-order valence-electron chi connectivity index (χ4n) is 1.90. The van der Waals surface area contributed by atoms with E-state index in [1.54, 1.807) is 18.2 Å². The van der Waals surface area contributed by atoms with Crippen molar-refractivity contribution in [3.05, 3.63) is 40.2 Å². The van der Waals surface area contributed by atoms with E-state index in [4.69, 9.17) is 21.1 Å². The third-order valence-corrected chi connectivity index (χ3v) is 3.16. The number of carbonyl (C=O) groups is 1. The summed E-state index contributed by atoms with van der Waals surface area (Å²) in [6.45, 7) is 0. The molecule has 21 heavy (non-hydrogen) atoms. The van der Waals surface area contributed by atoms with E-state index >= 15 is 0 Å². The molecule has 2 aromatic rings. The predicted molar refractivity (Wildman–Crippen MR) is 78.2 cm³/mol. The molecule has 1 aromatic carbocycles. The Morgan fingerprint density at radius 1 is 1.24 bits per heavy atom. The van der Waals surface area contributed by atoms with Gasteiger partial charge in [-0.05, 0) is 35.9 Å². The number of hydrogen-bond acceptors (Lipinski definition) is 5. The minimum Gasteiger partial charge on any atom is -0.497 e. The number of carbonyl (C=O) groups excluding carboxylic acids is 1. The Balaban J connectivity index is 2.72. The lowest BCUT2D eigenvalue weighted by Gasteiger charge is -2.11. The topological polar surface area (TPSA) is 70.4 Å². The van der Waals surface area contributed by atoms with Gasteiger partial charge in [-0.25, -0.2) is 4.68 Å². The summed E-state index contributed by atoms with van der Waals surface area (Å²) in [7, 11) is 4.50. The van der Waals surface area contributed by atoms with Crippen molar-refractivity contribution in [2.24, 2.45) is 7.05 Å². The summed E-state index contributed by atoms with van der Waals surface area (Å²) >= 11 is 5.44. The SMILES string of the molecule is COc1ccc(OC)c(-c2cc(C(=O)Cl)c(=O)n(C)n2)c1. The van der Waals surface area contributed by atoms with E-state index in [1.807, 2.05) is 0 Å². The maximum atomic E-state index is 11.8.